The lowest BCUT2D eigenvalue weighted by Gasteiger charge is -2.28. The third-order valence-electron chi connectivity index (χ3n) is 4.69. The number of carbonyl (C=O) groups excluding carboxylic acids is 1. The minimum absolute atomic E-state index is 0.116. The Morgan fingerprint density at radius 2 is 1.91 bits per heavy atom. The molecule has 1 aliphatic carbocycles. The van der Waals surface area contributed by atoms with Crippen LogP contribution in [0.4, 0.5) is 0 Å². The van der Waals surface area contributed by atoms with Crippen LogP contribution in [0.25, 0.3) is 5.57 Å². The first-order chi connectivity index (χ1) is 11.0. The van der Waals surface area contributed by atoms with Crippen LogP contribution in [0.15, 0.2) is 53.8 Å². The zero-order valence-corrected chi connectivity index (χ0v) is 14.7. The van der Waals surface area contributed by atoms with Gasteiger partial charge in [-0.25, -0.2) is 0 Å². The molecule has 2 atom stereocenters. The molecule has 2 nitrogen and oxygen atoms in total. The predicted octanol–water partition coefficient (Wildman–Crippen LogP) is 5.43. The van der Waals surface area contributed by atoms with Crippen LogP contribution < -0.4 is 0 Å². The van der Waals surface area contributed by atoms with E-state index in [-0.39, 0.29) is 5.78 Å². The molecule has 0 aliphatic heterocycles. The van der Waals surface area contributed by atoms with Gasteiger partial charge in [-0.3, -0.25) is 4.79 Å². The molecule has 2 rings (SSSR count). The molecule has 0 fully saturated rings. The van der Waals surface area contributed by atoms with Crippen molar-refractivity contribution in [2.24, 2.45) is 11.8 Å². The first kappa shape index (κ1) is 17.3. The number of ether oxygens (including phenoxy) is 1. The highest BCUT2D eigenvalue weighted by atomic mass is 16.5. The largest absolute Gasteiger partial charge is 0.497 e. The molecule has 0 aromatic heterocycles. The van der Waals surface area contributed by atoms with Gasteiger partial charge in [0.05, 0.1) is 7.11 Å². The van der Waals surface area contributed by atoms with Crippen LogP contribution in [0.1, 0.15) is 50.0 Å². The van der Waals surface area contributed by atoms with Crippen molar-refractivity contribution in [3.8, 4) is 0 Å². The number of benzene rings is 1. The lowest BCUT2D eigenvalue weighted by molar-refractivity contribution is 0.101. The van der Waals surface area contributed by atoms with Crippen molar-refractivity contribution < 1.29 is 9.53 Å². The monoisotopic (exact) mass is 310 g/mol. The number of carbonyl (C=O) groups is 1. The van der Waals surface area contributed by atoms with Gasteiger partial charge in [-0.1, -0.05) is 42.8 Å². The smallest absolute Gasteiger partial charge is 0.160 e. The fraction of sp³-hybridized carbons (Fsp3) is 0.381. The Kier molecular flexibility index (Phi) is 5.59. The Hall–Kier alpha value is -2.09. The van der Waals surface area contributed by atoms with Gasteiger partial charge in [-0.15, -0.1) is 0 Å². The van der Waals surface area contributed by atoms with E-state index in [9.17, 15) is 4.79 Å². The summed E-state index contributed by atoms with van der Waals surface area (Å²) in [5.41, 5.74) is 4.43. The van der Waals surface area contributed by atoms with Crippen LogP contribution in [-0.4, -0.2) is 12.9 Å². The maximum absolute atomic E-state index is 11.9. The normalized spacial score (nSPS) is 21.5. The summed E-state index contributed by atoms with van der Waals surface area (Å²) in [6.07, 6.45) is 7.37. The van der Waals surface area contributed by atoms with Crippen molar-refractivity contribution in [3.63, 3.8) is 0 Å². The Morgan fingerprint density at radius 1 is 1.26 bits per heavy atom. The average Bonchev–Trinajstić information content (AvgIpc) is 2.54. The second-order valence-electron chi connectivity index (χ2n) is 6.25. The molecular formula is C21H26O2. The van der Waals surface area contributed by atoms with E-state index in [1.165, 1.54) is 11.1 Å². The molecule has 0 saturated heterocycles. The van der Waals surface area contributed by atoms with Crippen LogP contribution in [0.2, 0.25) is 0 Å². The number of Topliss-reactive ketones (excluding diaryl/α,β-unsaturated/α-hetero) is 1. The highest BCUT2D eigenvalue weighted by Gasteiger charge is 2.24. The van der Waals surface area contributed by atoms with Crippen LogP contribution >= 0.6 is 0 Å². The molecule has 0 saturated carbocycles. The molecule has 2 heteroatoms. The highest BCUT2D eigenvalue weighted by molar-refractivity contribution is 5.99. The standard InChI is InChI=1S/C21H26O2/c1-6-17(20-10-8-7-9-19(20)16(4)22)13-21-14(2)11-18(23-5)12-15(21)3/h6-12,14,21H,13H2,1-5H3. The molecule has 2 unspecified atom stereocenters. The summed E-state index contributed by atoms with van der Waals surface area (Å²) >= 11 is 0. The van der Waals surface area contributed by atoms with Gasteiger partial charge in [0.1, 0.15) is 5.76 Å². The topological polar surface area (TPSA) is 26.3 Å². The predicted molar refractivity (Wildman–Crippen MR) is 96.2 cm³/mol. The first-order valence-electron chi connectivity index (χ1n) is 8.17. The van der Waals surface area contributed by atoms with Crippen molar-refractivity contribution in [2.75, 3.05) is 7.11 Å². The number of ketones is 1. The van der Waals surface area contributed by atoms with Gasteiger partial charge in [0.15, 0.2) is 5.78 Å². The first-order valence-corrected chi connectivity index (χ1v) is 8.17. The minimum atomic E-state index is 0.116. The lowest BCUT2D eigenvalue weighted by Crippen LogP contribution is -2.17. The summed E-state index contributed by atoms with van der Waals surface area (Å²) in [6, 6.07) is 7.89. The van der Waals surface area contributed by atoms with E-state index in [1.807, 2.05) is 18.2 Å². The van der Waals surface area contributed by atoms with E-state index in [2.05, 4.69) is 45.1 Å². The third-order valence-corrected chi connectivity index (χ3v) is 4.69. The summed E-state index contributed by atoms with van der Waals surface area (Å²) < 4.78 is 5.37. The van der Waals surface area contributed by atoms with E-state index in [0.29, 0.717) is 11.8 Å². The summed E-state index contributed by atoms with van der Waals surface area (Å²) in [5.74, 6) is 1.90. The molecule has 23 heavy (non-hydrogen) atoms. The molecule has 0 spiro atoms. The van der Waals surface area contributed by atoms with Gasteiger partial charge >= 0.3 is 0 Å². The quantitative estimate of drug-likeness (QED) is 0.678. The van der Waals surface area contributed by atoms with Crippen molar-refractivity contribution in [1.82, 2.24) is 0 Å². The Balaban J connectivity index is 2.30. The van der Waals surface area contributed by atoms with Crippen LogP contribution in [0, 0.1) is 11.8 Å². The molecular weight excluding hydrogens is 284 g/mol. The number of allylic oxidation sites excluding steroid dienone is 5. The second kappa shape index (κ2) is 7.45. The highest BCUT2D eigenvalue weighted by Crippen LogP contribution is 2.37. The zero-order chi connectivity index (χ0) is 17.0. The zero-order valence-electron chi connectivity index (χ0n) is 14.7. The molecule has 1 aromatic rings. The van der Waals surface area contributed by atoms with Crippen molar-refractivity contribution in [1.29, 1.82) is 0 Å². The Labute approximate surface area is 139 Å². The van der Waals surface area contributed by atoms with Gasteiger partial charge in [-0.05, 0) is 62.3 Å². The summed E-state index contributed by atoms with van der Waals surface area (Å²) in [5, 5.41) is 0. The van der Waals surface area contributed by atoms with Crippen LogP contribution in [0.5, 0.6) is 0 Å². The Bertz CT molecular complexity index is 677. The maximum Gasteiger partial charge on any atom is 0.160 e. The summed E-state index contributed by atoms with van der Waals surface area (Å²) in [7, 11) is 1.71. The van der Waals surface area contributed by atoms with Gasteiger partial charge in [0.2, 0.25) is 0 Å². The van der Waals surface area contributed by atoms with Crippen molar-refractivity contribution >= 4 is 11.4 Å². The number of hydrogen-bond acceptors (Lipinski definition) is 2. The van der Waals surface area contributed by atoms with E-state index in [4.69, 9.17) is 4.74 Å². The van der Waals surface area contributed by atoms with E-state index < -0.39 is 0 Å². The van der Waals surface area contributed by atoms with Gasteiger partial charge < -0.3 is 4.74 Å². The summed E-state index contributed by atoms with van der Waals surface area (Å²) in [4.78, 5) is 11.9. The van der Waals surface area contributed by atoms with E-state index in [1.54, 1.807) is 14.0 Å². The molecule has 0 heterocycles. The van der Waals surface area contributed by atoms with Crippen LogP contribution in [-0.2, 0) is 4.74 Å². The molecule has 0 N–H and O–H groups in total. The van der Waals surface area contributed by atoms with Crippen molar-refractivity contribution in [2.45, 2.75) is 34.1 Å². The Morgan fingerprint density at radius 3 is 2.43 bits per heavy atom. The molecule has 1 aromatic carbocycles. The van der Waals surface area contributed by atoms with Gasteiger partial charge in [-0.2, -0.15) is 0 Å². The lowest BCUT2D eigenvalue weighted by atomic mass is 9.77. The molecule has 122 valence electrons. The van der Waals surface area contributed by atoms with Crippen LogP contribution in [0.3, 0.4) is 0 Å². The second-order valence-corrected chi connectivity index (χ2v) is 6.25. The fourth-order valence-electron chi connectivity index (χ4n) is 3.33. The van der Waals surface area contributed by atoms with E-state index in [0.717, 1.165) is 23.3 Å². The molecule has 0 bridgehead atoms. The fourth-order valence-corrected chi connectivity index (χ4v) is 3.33. The van der Waals surface area contributed by atoms with Gasteiger partial charge in [0.25, 0.3) is 0 Å². The minimum Gasteiger partial charge on any atom is -0.497 e. The maximum atomic E-state index is 11.9. The summed E-state index contributed by atoms with van der Waals surface area (Å²) in [6.45, 7) is 8.07. The average molecular weight is 310 g/mol. The third kappa shape index (κ3) is 3.82. The number of methoxy groups -OCH3 is 1. The van der Waals surface area contributed by atoms with E-state index >= 15 is 0 Å². The van der Waals surface area contributed by atoms with Gasteiger partial charge in [0, 0.05) is 5.56 Å². The number of hydrogen-bond donors (Lipinski definition) is 0. The number of rotatable bonds is 5. The SMILES string of the molecule is CC=C(CC1C(C)=CC(OC)=CC1C)c1ccccc1C(C)=O. The molecule has 1 aliphatic rings. The molecule has 0 amide bonds. The molecule has 0 radical (unpaired) electrons. The van der Waals surface area contributed by atoms with Crippen molar-refractivity contribution in [3.05, 3.63) is 65.0 Å².